The second kappa shape index (κ2) is 6.16. The second-order valence-corrected chi connectivity index (χ2v) is 4.22. The summed E-state index contributed by atoms with van der Waals surface area (Å²) in [4.78, 5) is 22.3. The molecule has 0 heterocycles. The summed E-state index contributed by atoms with van der Waals surface area (Å²) in [5.41, 5.74) is 0. The largest absolute Gasteiger partial charge is 0.480 e. The molecule has 0 spiro atoms. The summed E-state index contributed by atoms with van der Waals surface area (Å²) in [6.07, 6.45) is 9.98. The van der Waals surface area contributed by atoms with E-state index in [1.165, 1.54) is 12.8 Å². The molecule has 88 valence electrons. The maximum Gasteiger partial charge on any atom is 0.327 e. The fraction of sp³-hybridized carbons (Fsp3) is 0.667. The van der Waals surface area contributed by atoms with Crippen molar-refractivity contribution in [1.82, 2.24) is 5.32 Å². The zero-order valence-electron chi connectivity index (χ0n) is 9.24. The lowest BCUT2D eigenvalue weighted by Gasteiger charge is -2.13. The van der Waals surface area contributed by atoms with Gasteiger partial charge >= 0.3 is 5.97 Å². The van der Waals surface area contributed by atoms with Gasteiger partial charge in [0, 0.05) is 12.8 Å². The number of aliphatic carboxylic acids is 1. The topological polar surface area (TPSA) is 66.4 Å². The summed E-state index contributed by atoms with van der Waals surface area (Å²) in [5, 5.41) is 11.3. The third kappa shape index (κ3) is 3.93. The van der Waals surface area contributed by atoms with E-state index in [0.717, 1.165) is 12.8 Å². The minimum Gasteiger partial charge on any atom is -0.480 e. The van der Waals surface area contributed by atoms with Crippen molar-refractivity contribution in [3.63, 3.8) is 0 Å². The van der Waals surface area contributed by atoms with Crippen LogP contribution in [0.5, 0.6) is 0 Å². The van der Waals surface area contributed by atoms with Crippen LogP contribution in [0.3, 0.4) is 0 Å². The first-order valence-electron chi connectivity index (χ1n) is 5.59. The molecular formula is C12H17NO3. The predicted octanol–water partition coefficient (Wildman–Crippen LogP) is 1.16. The van der Waals surface area contributed by atoms with Crippen LogP contribution in [0, 0.1) is 18.3 Å². The first kappa shape index (κ1) is 12.6. The molecule has 1 atom stereocenters. The summed E-state index contributed by atoms with van der Waals surface area (Å²) >= 11 is 0. The standard InChI is InChI=1S/C12H17NO3/c1-2-5-10(12(15)16)13-11(14)8-9-6-3-4-7-9/h1,9-10H,3-8H2,(H,13,14)(H,15,16)/t10-/m0/s1. The maximum atomic E-state index is 11.5. The zero-order valence-corrected chi connectivity index (χ0v) is 9.24. The van der Waals surface area contributed by atoms with Crippen LogP contribution >= 0.6 is 0 Å². The Bertz CT molecular complexity index is 300. The Balaban J connectivity index is 2.36. The van der Waals surface area contributed by atoms with Gasteiger partial charge in [-0.05, 0) is 18.8 Å². The molecule has 1 rings (SSSR count). The number of hydrogen-bond acceptors (Lipinski definition) is 2. The number of amides is 1. The second-order valence-electron chi connectivity index (χ2n) is 4.22. The number of carbonyl (C=O) groups excluding carboxylic acids is 1. The van der Waals surface area contributed by atoms with Crippen molar-refractivity contribution in [2.45, 2.75) is 44.6 Å². The van der Waals surface area contributed by atoms with Crippen LogP contribution in [0.25, 0.3) is 0 Å². The Hall–Kier alpha value is -1.50. The summed E-state index contributed by atoms with van der Waals surface area (Å²) < 4.78 is 0. The number of carboxylic acid groups (broad SMARTS) is 1. The van der Waals surface area contributed by atoms with Gasteiger partial charge in [0.15, 0.2) is 0 Å². The van der Waals surface area contributed by atoms with Crippen molar-refractivity contribution < 1.29 is 14.7 Å². The lowest BCUT2D eigenvalue weighted by Crippen LogP contribution is -2.41. The molecule has 1 amide bonds. The lowest BCUT2D eigenvalue weighted by atomic mass is 10.0. The Morgan fingerprint density at radius 3 is 2.56 bits per heavy atom. The molecule has 0 unspecified atom stereocenters. The molecule has 0 aromatic carbocycles. The summed E-state index contributed by atoms with van der Waals surface area (Å²) in [5.74, 6) is 1.40. The highest BCUT2D eigenvalue weighted by Crippen LogP contribution is 2.27. The van der Waals surface area contributed by atoms with Gasteiger partial charge in [-0.25, -0.2) is 4.79 Å². The van der Waals surface area contributed by atoms with Gasteiger partial charge in [-0.15, -0.1) is 12.3 Å². The van der Waals surface area contributed by atoms with Crippen LogP contribution in [0.4, 0.5) is 0 Å². The van der Waals surface area contributed by atoms with Crippen LogP contribution in [-0.2, 0) is 9.59 Å². The Kier molecular flexibility index (Phi) is 4.84. The predicted molar refractivity (Wildman–Crippen MR) is 59.6 cm³/mol. The highest BCUT2D eigenvalue weighted by atomic mass is 16.4. The van der Waals surface area contributed by atoms with Crippen LogP contribution in [0.1, 0.15) is 38.5 Å². The van der Waals surface area contributed by atoms with Crippen molar-refractivity contribution in [2.24, 2.45) is 5.92 Å². The van der Waals surface area contributed by atoms with E-state index in [4.69, 9.17) is 11.5 Å². The normalized spacial score (nSPS) is 17.7. The van der Waals surface area contributed by atoms with E-state index in [0.29, 0.717) is 12.3 Å². The van der Waals surface area contributed by atoms with E-state index >= 15 is 0 Å². The molecular weight excluding hydrogens is 206 g/mol. The summed E-state index contributed by atoms with van der Waals surface area (Å²) in [6.45, 7) is 0. The molecule has 0 aliphatic heterocycles. The van der Waals surface area contributed by atoms with E-state index in [2.05, 4.69) is 11.2 Å². The van der Waals surface area contributed by atoms with Gasteiger partial charge in [0.1, 0.15) is 6.04 Å². The van der Waals surface area contributed by atoms with Crippen LogP contribution in [-0.4, -0.2) is 23.0 Å². The number of nitrogens with one attached hydrogen (secondary N) is 1. The third-order valence-corrected chi connectivity index (χ3v) is 2.90. The van der Waals surface area contributed by atoms with E-state index in [1.54, 1.807) is 0 Å². The van der Waals surface area contributed by atoms with E-state index in [1.807, 2.05) is 0 Å². The molecule has 0 bridgehead atoms. The molecule has 1 aliphatic rings. The van der Waals surface area contributed by atoms with Gasteiger partial charge < -0.3 is 10.4 Å². The zero-order chi connectivity index (χ0) is 12.0. The Morgan fingerprint density at radius 2 is 2.06 bits per heavy atom. The molecule has 0 aromatic heterocycles. The average Bonchev–Trinajstić information content (AvgIpc) is 2.69. The Morgan fingerprint density at radius 1 is 1.44 bits per heavy atom. The molecule has 4 heteroatoms. The van der Waals surface area contributed by atoms with Gasteiger partial charge in [-0.1, -0.05) is 12.8 Å². The lowest BCUT2D eigenvalue weighted by molar-refractivity contribution is -0.141. The van der Waals surface area contributed by atoms with Crippen LogP contribution in [0.15, 0.2) is 0 Å². The molecule has 0 radical (unpaired) electrons. The molecule has 1 aliphatic carbocycles. The molecule has 0 aromatic rings. The first-order valence-corrected chi connectivity index (χ1v) is 5.59. The van der Waals surface area contributed by atoms with Crippen LogP contribution < -0.4 is 5.32 Å². The number of terminal acetylenes is 1. The fourth-order valence-electron chi connectivity index (χ4n) is 2.05. The van der Waals surface area contributed by atoms with Crippen molar-refractivity contribution >= 4 is 11.9 Å². The third-order valence-electron chi connectivity index (χ3n) is 2.90. The van der Waals surface area contributed by atoms with E-state index in [9.17, 15) is 9.59 Å². The number of rotatable bonds is 5. The first-order chi connectivity index (χ1) is 7.63. The maximum absolute atomic E-state index is 11.5. The Labute approximate surface area is 95.4 Å². The summed E-state index contributed by atoms with van der Waals surface area (Å²) in [6, 6.07) is -0.945. The van der Waals surface area contributed by atoms with E-state index in [-0.39, 0.29) is 12.3 Å². The molecule has 4 nitrogen and oxygen atoms in total. The van der Waals surface area contributed by atoms with Crippen LogP contribution in [0.2, 0.25) is 0 Å². The van der Waals surface area contributed by atoms with E-state index < -0.39 is 12.0 Å². The molecule has 1 fully saturated rings. The fourth-order valence-corrected chi connectivity index (χ4v) is 2.05. The van der Waals surface area contributed by atoms with Gasteiger partial charge in [-0.2, -0.15) is 0 Å². The smallest absolute Gasteiger partial charge is 0.327 e. The summed E-state index contributed by atoms with van der Waals surface area (Å²) in [7, 11) is 0. The number of carbonyl (C=O) groups is 2. The number of hydrogen-bond donors (Lipinski definition) is 2. The van der Waals surface area contributed by atoms with Gasteiger partial charge in [0.2, 0.25) is 5.91 Å². The van der Waals surface area contributed by atoms with Gasteiger partial charge in [0.25, 0.3) is 0 Å². The SMILES string of the molecule is C#CC[C@H](NC(=O)CC1CCCC1)C(=O)O. The average molecular weight is 223 g/mol. The highest BCUT2D eigenvalue weighted by Gasteiger charge is 2.22. The van der Waals surface area contributed by atoms with Gasteiger partial charge in [0.05, 0.1) is 0 Å². The molecule has 1 saturated carbocycles. The van der Waals surface area contributed by atoms with Crippen molar-refractivity contribution in [3.8, 4) is 12.3 Å². The van der Waals surface area contributed by atoms with Crippen molar-refractivity contribution in [2.75, 3.05) is 0 Å². The molecule has 2 N–H and O–H groups in total. The van der Waals surface area contributed by atoms with Gasteiger partial charge in [-0.3, -0.25) is 4.79 Å². The minimum atomic E-state index is -1.07. The molecule has 0 saturated heterocycles. The van der Waals surface area contributed by atoms with Crippen molar-refractivity contribution in [3.05, 3.63) is 0 Å². The number of carboxylic acids is 1. The quantitative estimate of drug-likeness (QED) is 0.687. The highest BCUT2D eigenvalue weighted by molar-refractivity contribution is 5.83. The van der Waals surface area contributed by atoms with Crippen molar-refractivity contribution in [1.29, 1.82) is 0 Å². The monoisotopic (exact) mass is 223 g/mol. The minimum absolute atomic E-state index is 0.0335. The molecule has 16 heavy (non-hydrogen) atoms.